The number of hydrogen-bond acceptors (Lipinski definition) is 7. The van der Waals surface area contributed by atoms with Crippen molar-refractivity contribution >= 4 is 43.8 Å². The predicted octanol–water partition coefficient (Wildman–Crippen LogP) is 1.55. The van der Waals surface area contributed by atoms with E-state index in [-0.39, 0.29) is 5.13 Å². The molecule has 0 saturated heterocycles. The number of thiophene rings is 1. The number of carboxylic acid groups (broad SMARTS) is 1. The van der Waals surface area contributed by atoms with Crippen LogP contribution in [0.3, 0.4) is 0 Å². The Morgan fingerprint density at radius 3 is 2.81 bits per heavy atom. The van der Waals surface area contributed by atoms with E-state index in [9.17, 15) is 13.2 Å². The third-order valence-electron chi connectivity index (χ3n) is 2.45. The molecule has 0 aliphatic carbocycles. The minimum absolute atomic E-state index is 0.220. The molecule has 114 valence electrons. The van der Waals surface area contributed by atoms with E-state index in [1.807, 2.05) is 12.1 Å². The number of aliphatic carboxylic acids is 1. The van der Waals surface area contributed by atoms with Gasteiger partial charge in [0, 0.05) is 16.8 Å². The standard InChI is InChI=1S/C11H13N3O4S3/c12-5-7-1-2-9(20-7)8-6-19-11(13-8)14-21(17,18)4-3-10(15)16/h1-2,6H,3-5,12H2,(H,13,14)(H,15,16). The van der Waals surface area contributed by atoms with E-state index in [1.165, 1.54) is 11.3 Å². The number of rotatable bonds is 7. The van der Waals surface area contributed by atoms with Crippen LogP contribution >= 0.6 is 22.7 Å². The zero-order chi connectivity index (χ0) is 15.5. The average Bonchev–Trinajstić information content (AvgIpc) is 3.04. The van der Waals surface area contributed by atoms with E-state index in [2.05, 4.69) is 9.71 Å². The van der Waals surface area contributed by atoms with Crippen molar-refractivity contribution < 1.29 is 18.3 Å². The van der Waals surface area contributed by atoms with Crippen LogP contribution in [0.4, 0.5) is 5.13 Å². The third kappa shape index (κ3) is 4.49. The number of aromatic nitrogens is 1. The van der Waals surface area contributed by atoms with Gasteiger partial charge >= 0.3 is 5.97 Å². The highest BCUT2D eigenvalue weighted by Crippen LogP contribution is 2.30. The van der Waals surface area contributed by atoms with Gasteiger partial charge in [-0.3, -0.25) is 9.52 Å². The highest BCUT2D eigenvalue weighted by molar-refractivity contribution is 7.92. The van der Waals surface area contributed by atoms with Gasteiger partial charge in [-0.15, -0.1) is 22.7 Å². The van der Waals surface area contributed by atoms with Crippen LogP contribution in [0.5, 0.6) is 0 Å². The molecule has 0 aliphatic rings. The average molecular weight is 347 g/mol. The summed E-state index contributed by atoms with van der Waals surface area (Å²) in [6.45, 7) is 0.448. The van der Waals surface area contributed by atoms with Crippen molar-refractivity contribution in [2.45, 2.75) is 13.0 Å². The second-order valence-electron chi connectivity index (χ2n) is 4.07. The van der Waals surface area contributed by atoms with Gasteiger partial charge in [-0.2, -0.15) is 0 Å². The SMILES string of the molecule is NCc1ccc(-c2csc(NS(=O)(=O)CCC(=O)O)n2)s1. The van der Waals surface area contributed by atoms with E-state index in [1.54, 1.807) is 5.38 Å². The summed E-state index contributed by atoms with van der Waals surface area (Å²) in [6.07, 6.45) is -0.446. The normalized spacial score (nSPS) is 11.5. The van der Waals surface area contributed by atoms with Crippen LogP contribution < -0.4 is 10.5 Å². The first-order valence-corrected chi connectivity index (χ1v) is 9.21. The van der Waals surface area contributed by atoms with E-state index in [0.717, 1.165) is 21.1 Å². The first kappa shape index (κ1) is 15.9. The van der Waals surface area contributed by atoms with Gasteiger partial charge < -0.3 is 10.8 Å². The summed E-state index contributed by atoms with van der Waals surface area (Å²) >= 11 is 2.64. The number of carbonyl (C=O) groups is 1. The lowest BCUT2D eigenvalue weighted by molar-refractivity contribution is -0.136. The van der Waals surface area contributed by atoms with E-state index in [4.69, 9.17) is 10.8 Å². The number of thiazole rings is 1. The summed E-state index contributed by atoms with van der Waals surface area (Å²) in [6, 6.07) is 3.78. The minimum atomic E-state index is -3.70. The molecule has 0 aliphatic heterocycles. The Morgan fingerprint density at radius 2 is 2.19 bits per heavy atom. The van der Waals surface area contributed by atoms with Crippen molar-refractivity contribution in [3.8, 4) is 10.6 Å². The highest BCUT2D eigenvalue weighted by Gasteiger charge is 2.15. The van der Waals surface area contributed by atoms with Crippen molar-refractivity contribution in [3.63, 3.8) is 0 Å². The number of nitrogens with zero attached hydrogens (tertiary/aromatic N) is 1. The van der Waals surface area contributed by atoms with Gasteiger partial charge in [0.2, 0.25) is 10.0 Å². The Kier molecular flexibility index (Phi) is 4.93. The fourth-order valence-electron chi connectivity index (χ4n) is 1.46. The molecule has 0 aromatic carbocycles. The lowest BCUT2D eigenvalue weighted by Crippen LogP contribution is -2.18. The fourth-order valence-corrected chi connectivity index (χ4v) is 4.37. The smallest absolute Gasteiger partial charge is 0.304 e. The van der Waals surface area contributed by atoms with Crippen molar-refractivity contribution in [3.05, 3.63) is 22.4 Å². The number of nitrogens with one attached hydrogen (secondary N) is 1. The van der Waals surface area contributed by atoms with Crippen LogP contribution in [-0.4, -0.2) is 30.2 Å². The topological polar surface area (TPSA) is 122 Å². The molecule has 4 N–H and O–H groups in total. The Balaban J connectivity index is 2.08. The molecule has 0 radical (unpaired) electrons. The quantitative estimate of drug-likeness (QED) is 0.698. The summed E-state index contributed by atoms with van der Waals surface area (Å²) in [7, 11) is -3.70. The monoisotopic (exact) mass is 347 g/mol. The molecular formula is C11H13N3O4S3. The maximum Gasteiger partial charge on any atom is 0.304 e. The Hall–Kier alpha value is -1.49. The van der Waals surface area contributed by atoms with Crippen LogP contribution in [0.15, 0.2) is 17.5 Å². The van der Waals surface area contributed by atoms with Gasteiger partial charge in [-0.05, 0) is 12.1 Å². The molecule has 0 spiro atoms. The molecule has 21 heavy (non-hydrogen) atoms. The van der Waals surface area contributed by atoms with Crippen molar-refractivity contribution in [2.24, 2.45) is 5.73 Å². The molecule has 0 saturated carbocycles. The summed E-state index contributed by atoms with van der Waals surface area (Å²) in [4.78, 5) is 16.5. The second-order valence-corrected chi connectivity index (χ2v) is 7.94. The molecule has 0 amide bonds. The van der Waals surface area contributed by atoms with Gasteiger partial charge in [-0.1, -0.05) is 0 Å². The van der Waals surface area contributed by atoms with Crippen molar-refractivity contribution in [1.82, 2.24) is 4.98 Å². The van der Waals surface area contributed by atoms with E-state index >= 15 is 0 Å². The first-order valence-electron chi connectivity index (χ1n) is 5.86. The molecule has 0 atom stereocenters. The van der Waals surface area contributed by atoms with Crippen LogP contribution in [0.25, 0.3) is 10.6 Å². The largest absolute Gasteiger partial charge is 0.481 e. The Labute approximate surface area is 129 Å². The van der Waals surface area contributed by atoms with Crippen LogP contribution in [0.2, 0.25) is 0 Å². The molecule has 2 aromatic heterocycles. The first-order chi connectivity index (χ1) is 9.89. The molecule has 0 fully saturated rings. The Morgan fingerprint density at radius 1 is 1.43 bits per heavy atom. The van der Waals surface area contributed by atoms with Gasteiger partial charge in [0.05, 0.1) is 22.7 Å². The van der Waals surface area contributed by atoms with E-state index < -0.39 is 28.2 Å². The van der Waals surface area contributed by atoms with Crippen molar-refractivity contribution in [1.29, 1.82) is 0 Å². The number of hydrogen-bond donors (Lipinski definition) is 3. The molecule has 0 bridgehead atoms. The van der Waals surface area contributed by atoms with Crippen LogP contribution in [0, 0.1) is 0 Å². The van der Waals surface area contributed by atoms with Gasteiger partial charge in [-0.25, -0.2) is 13.4 Å². The van der Waals surface area contributed by atoms with Crippen molar-refractivity contribution in [2.75, 3.05) is 10.5 Å². The highest BCUT2D eigenvalue weighted by atomic mass is 32.2. The summed E-state index contributed by atoms with van der Waals surface area (Å²) in [5.41, 5.74) is 6.21. The second kappa shape index (κ2) is 6.52. The predicted molar refractivity (Wildman–Crippen MR) is 83.0 cm³/mol. The summed E-state index contributed by atoms with van der Waals surface area (Å²) in [5, 5.41) is 10.5. The van der Waals surface area contributed by atoms with E-state index in [0.29, 0.717) is 12.2 Å². The molecule has 2 heterocycles. The maximum absolute atomic E-state index is 11.7. The van der Waals surface area contributed by atoms with Crippen LogP contribution in [0.1, 0.15) is 11.3 Å². The fraction of sp³-hybridized carbons (Fsp3) is 0.273. The molecule has 2 aromatic rings. The lowest BCUT2D eigenvalue weighted by atomic mass is 10.4. The summed E-state index contributed by atoms with van der Waals surface area (Å²) < 4.78 is 25.6. The molecule has 7 nitrogen and oxygen atoms in total. The maximum atomic E-state index is 11.7. The molecule has 0 unspecified atom stereocenters. The lowest BCUT2D eigenvalue weighted by Gasteiger charge is -2.02. The summed E-state index contributed by atoms with van der Waals surface area (Å²) in [5.74, 6) is -1.64. The molecular weight excluding hydrogens is 334 g/mol. The number of anilines is 1. The Bertz CT molecular complexity index is 735. The molecule has 10 heteroatoms. The number of sulfonamides is 1. The van der Waals surface area contributed by atoms with Gasteiger partial charge in [0.15, 0.2) is 5.13 Å². The minimum Gasteiger partial charge on any atom is -0.481 e. The zero-order valence-corrected chi connectivity index (χ0v) is 13.2. The van der Waals surface area contributed by atoms with Gasteiger partial charge in [0.25, 0.3) is 0 Å². The number of nitrogens with two attached hydrogens (primary N) is 1. The van der Waals surface area contributed by atoms with Gasteiger partial charge in [0.1, 0.15) is 0 Å². The van der Waals surface area contributed by atoms with Crippen LogP contribution in [-0.2, 0) is 21.4 Å². The molecule has 2 rings (SSSR count). The third-order valence-corrected chi connectivity index (χ3v) is 5.71. The number of carboxylic acids is 1. The zero-order valence-electron chi connectivity index (χ0n) is 10.8.